The molecule has 0 radical (unpaired) electrons. The molecule has 0 spiro atoms. The smallest absolute Gasteiger partial charge is 0.304 e. The molecule has 0 aliphatic carbocycles. The minimum absolute atomic E-state index is 0.0381. The van der Waals surface area contributed by atoms with Crippen LogP contribution in [0.3, 0.4) is 0 Å². The number of hydrogen-bond acceptors (Lipinski definition) is 3. The normalized spacial score (nSPS) is 12.4. The van der Waals surface area contributed by atoms with E-state index in [1.165, 1.54) is 12.1 Å². The Morgan fingerprint density at radius 1 is 1.41 bits per heavy atom. The molecule has 1 unspecified atom stereocenters. The van der Waals surface area contributed by atoms with E-state index < -0.39 is 5.97 Å². The minimum atomic E-state index is -0.891. The summed E-state index contributed by atoms with van der Waals surface area (Å²) in [5.74, 6) is -1.14. The second kappa shape index (κ2) is 6.98. The van der Waals surface area contributed by atoms with Crippen molar-refractivity contribution in [1.29, 1.82) is 0 Å². The van der Waals surface area contributed by atoms with Gasteiger partial charge < -0.3 is 16.2 Å². The lowest BCUT2D eigenvalue weighted by molar-refractivity contribution is -0.137. The molecule has 0 aliphatic rings. The van der Waals surface area contributed by atoms with Gasteiger partial charge in [0.15, 0.2) is 0 Å². The van der Waals surface area contributed by atoms with Gasteiger partial charge in [-0.2, -0.15) is 0 Å². The molecule has 0 amide bonds. The molecular formula is C12H17FN2O2. The van der Waals surface area contributed by atoms with E-state index in [1.807, 2.05) is 0 Å². The van der Waals surface area contributed by atoms with E-state index in [0.29, 0.717) is 13.1 Å². The number of benzene rings is 1. The van der Waals surface area contributed by atoms with Crippen LogP contribution in [0.2, 0.25) is 0 Å². The fourth-order valence-electron chi connectivity index (χ4n) is 1.47. The van der Waals surface area contributed by atoms with Gasteiger partial charge in [-0.15, -0.1) is 0 Å². The van der Waals surface area contributed by atoms with Crippen LogP contribution in [0.1, 0.15) is 12.0 Å². The molecule has 17 heavy (non-hydrogen) atoms. The first-order chi connectivity index (χ1) is 8.08. The molecule has 4 nitrogen and oxygen atoms in total. The molecule has 5 heteroatoms. The Bertz CT molecular complexity index is 354. The van der Waals surface area contributed by atoms with Gasteiger partial charge in [0.05, 0.1) is 6.42 Å². The van der Waals surface area contributed by atoms with Crippen LogP contribution >= 0.6 is 0 Å². The van der Waals surface area contributed by atoms with Crippen molar-refractivity contribution in [3.63, 3.8) is 0 Å². The molecule has 1 aromatic carbocycles. The van der Waals surface area contributed by atoms with Crippen molar-refractivity contribution in [2.45, 2.75) is 18.9 Å². The van der Waals surface area contributed by atoms with Crippen LogP contribution < -0.4 is 11.1 Å². The maximum atomic E-state index is 12.6. The molecule has 0 aromatic heterocycles. The van der Waals surface area contributed by atoms with Gasteiger partial charge in [-0.25, -0.2) is 4.39 Å². The third-order valence-electron chi connectivity index (χ3n) is 2.35. The fourth-order valence-corrected chi connectivity index (χ4v) is 1.47. The van der Waals surface area contributed by atoms with Crippen molar-refractivity contribution in [1.82, 2.24) is 5.32 Å². The predicted octanol–water partition coefficient (Wildman–Crippen LogP) is 0.760. The molecule has 1 aromatic rings. The summed E-state index contributed by atoms with van der Waals surface area (Å²) in [6, 6.07) is 5.93. The summed E-state index contributed by atoms with van der Waals surface area (Å²) in [7, 11) is 0. The molecule has 0 fully saturated rings. The molecule has 0 aliphatic heterocycles. The maximum Gasteiger partial charge on any atom is 0.304 e. The summed E-state index contributed by atoms with van der Waals surface area (Å²) >= 11 is 0. The standard InChI is InChI=1S/C12H17FN2O2/c13-10-3-1-9(2-4-10)5-6-15-8-11(14)7-12(16)17/h1-4,11,15H,5-8,14H2,(H,16,17). The van der Waals surface area contributed by atoms with Crippen molar-refractivity contribution in [3.8, 4) is 0 Å². The highest BCUT2D eigenvalue weighted by Crippen LogP contribution is 2.02. The summed E-state index contributed by atoms with van der Waals surface area (Å²) < 4.78 is 12.6. The van der Waals surface area contributed by atoms with Gasteiger partial charge in [0.2, 0.25) is 0 Å². The van der Waals surface area contributed by atoms with Crippen molar-refractivity contribution in [2.75, 3.05) is 13.1 Å². The number of halogens is 1. The molecule has 4 N–H and O–H groups in total. The Morgan fingerprint density at radius 3 is 2.65 bits per heavy atom. The van der Waals surface area contributed by atoms with Gasteiger partial charge in [0.25, 0.3) is 0 Å². The van der Waals surface area contributed by atoms with Crippen LogP contribution in [0.25, 0.3) is 0 Å². The van der Waals surface area contributed by atoms with Gasteiger partial charge in [0.1, 0.15) is 5.82 Å². The first-order valence-electron chi connectivity index (χ1n) is 5.50. The average molecular weight is 240 g/mol. The quantitative estimate of drug-likeness (QED) is 0.615. The summed E-state index contributed by atoms with van der Waals surface area (Å²) in [5.41, 5.74) is 6.61. The largest absolute Gasteiger partial charge is 0.481 e. The molecule has 94 valence electrons. The topological polar surface area (TPSA) is 75.3 Å². The fraction of sp³-hybridized carbons (Fsp3) is 0.417. The van der Waals surface area contributed by atoms with Gasteiger partial charge in [0, 0.05) is 12.6 Å². The zero-order valence-corrected chi connectivity index (χ0v) is 9.53. The number of hydrogen-bond donors (Lipinski definition) is 3. The third kappa shape index (κ3) is 5.99. The van der Waals surface area contributed by atoms with Gasteiger partial charge in [-0.3, -0.25) is 4.79 Å². The Balaban J connectivity index is 2.15. The molecule has 0 bridgehead atoms. The maximum absolute atomic E-state index is 12.6. The number of rotatable bonds is 7. The van der Waals surface area contributed by atoms with E-state index >= 15 is 0 Å². The van der Waals surface area contributed by atoms with E-state index in [0.717, 1.165) is 12.0 Å². The van der Waals surface area contributed by atoms with Crippen LogP contribution in [-0.2, 0) is 11.2 Å². The monoisotopic (exact) mass is 240 g/mol. The lowest BCUT2D eigenvalue weighted by Gasteiger charge is -2.10. The number of carboxylic acid groups (broad SMARTS) is 1. The summed E-state index contributed by atoms with van der Waals surface area (Å²) in [6.45, 7) is 1.16. The van der Waals surface area contributed by atoms with Gasteiger partial charge in [-0.1, -0.05) is 12.1 Å². The van der Waals surface area contributed by atoms with E-state index in [2.05, 4.69) is 5.32 Å². The van der Waals surface area contributed by atoms with Gasteiger partial charge in [-0.05, 0) is 30.7 Å². The van der Waals surface area contributed by atoms with Crippen molar-refractivity contribution < 1.29 is 14.3 Å². The van der Waals surface area contributed by atoms with Crippen LogP contribution in [0, 0.1) is 5.82 Å². The predicted molar refractivity (Wildman–Crippen MR) is 63.2 cm³/mol. The second-order valence-corrected chi connectivity index (χ2v) is 3.94. The Hall–Kier alpha value is -1.46. The Morgan fingerprint density at radius 2 is 2.06 bits per heavy atom. The van der Waals surface area contributed by atoms with Crippen LogP contribution in [0.15, 0.2) is 24.3 Å². The first kappa shape index (κ1) is 13.6. The lowest BCUT2D eigenvalue weighted by Crippen LogP contribution is -2.36. The highest BCUT2D eigenvalue weighted by molar-refractivity contribution is 5.67. The highest BCUT2D eigenvalue weighted by Gasteiger charge is 2.06. The Kier molecular flexibility index (Phi) is 5.59. The number of nitrogens with two attached hydrogens (primary N) is 1. The van der Waals surface area contributed by atoms with Crippen LogP contribution in [0.5, 0.6) is 0 Å². The first-order valence-corrected chi connectivity index (χ1v) is 5.50. The molecule has 0 saturated heterocycles. The van der Waals surface area contributed by atoms with E-state index in [4.69, 9.17) is 10.8 Å². The van der Waals surface area contributed by atoms with Crippen LogP contribution in [-0.4, -0.2) is 30.2 Å². The molecule has 0 saturated carbocycles. The molecular weight excluding hydrogens is 223 g/mol. The van der Waals surface area contributed by atoms with E-state index in [1.54, 1.807) is 12.1 Å². The number of carbonyl (C=O) groups is 1. The minimum Gasteiger partial charge on any atom is -0.481 e. The van der Waals surface area contributed by atoms with Gasteiger partial charge >= 0.3 is 5.97 Å². The number of nitrogens with one attached hydrogen (secondary N) is 1. The number of aliphatic carboxylic acids is 1. The summed E-state index contributed by atoms with van der Waals surface area (Å²) in [6.07, 6.45) is 0.726. The second-order valence-electron chi connectivity index (χ2n) is 3.94. The van der Waals surface area contributed by atoms with Crippen LogP contribution in [0.4, 0.5) is 4.39 Å². The van der Waals surface area contributed by atoms with E-state index in [9.17, 15) is 9.18 Å². The SMILES string of the molecule is NC(CNCCc1ccc(F)cc1)CC(=O)O. The van der Waals surface area contributed by atoms with Crippen molar-refractivity contribution in [3.05, 3.63) is 35.6 Å². The lowest BCUT2D eigenvalue weighted by atomic mass is 10.1. The number of carboxylic acids is 1. The zero-order valence-electron chi connectivity index (χ0n) is 9.53. The average Bonchev–Trinajstić information content (AvgIpc) is 2.26. The van der Waals surface area contributed by atoms with Crippen molar-refractivity contribution >= 4 is 5.97 Å². The van der Waals surface area contributed by atoms with Crippen molar-refractivity contribution in [2.24, 2.45) is 5.73 Å². The third-order valence-corrected chi connectivity index (χ3v) is 2.35. The zero-order chi connectivity index (χ0) is 12.7. The molecule has 1 atom stereocenters. The Labute approximate surface area is 99.6 Å². The summed E-state index contributed by atoms with van der Waals surface area (Å²) in [5, 5.41) is 11.6. The van der Waals surface area contributed by atoms with E-state index in [-0.39, 0.29) is 18.3 Å². The summed E-state index contributed by atoms with van der Waals surface area (Å²) in [4.78, 5) is 10.4. The molecule has 1 rings (SSSR count). The molecule has 0 heterocycles. The highest BCUT2D eigenvalue weighted by atomic mass is 19.1.